The molecular formula is C34H44N10O13S2. The van der Waals surface area contributed by atoms with Crippen molar-refractivity contribution in [1.82, 2.24) is 25.7 Å². The zero-order valence-corrected chi connectivity index (χ0v) is 33.6. The Morgan fingerprint density at radius 1 is 1.32 bits per heavy atom. The van der Waals surface area contributed by atoms with Crippen LogP contribution >= 0.6 is 11.3 Å². The number of benzene rings is 1. The van der Waals surface area contributed by atoms with E-state index in [0.29, 0.717) is 35.6 Å². The average molecular weight is 865 g/mol. The van der Waals surface area contributed by atoms with Gasteiger partial charge in [0, 0.05) is 36.5 Å². The second-order valence-corrected chi connectivity index (χ2v) is 16.2. The standard InChI is InChI=1S/C33H42N10O11S2.CH2O2/c1-32(2)26(28(46)43(32)54-56(49,50)51)40-27(45)25(22-16-55-30(35)39-22)41-53-33(3,29(47)48)24-7-5-19-8-18(4-6-23(19)52-24)20-12-37-31(38-13-21(44)9-34)42(15-20)14-17-10-36-11-17;2-1-3/h4,6,8,12,15-17,21,24,26,36,44H,5,7,9-11,13-14,34H2,1-3H3,(H5,35,39,40,45,47,48,49,50,51);1H,(H,2,3)/b41-25-;/t21?,24-,26-,33?;/m1./s1. The van der Waals surface area contributed by atoms with Gasteiger partial charge in [0.2, 0.25) is 10.4 Å². The Morgan fingerprint density at radius 3 is 2.61 bits per heavy atom. The number of anilines is 2. The van der Waals surface area contributed by atoms with Gasteiger partial charge in [-0.25, -0.2) is 22.8 Å². The lowest BCUT2D eigenvalue weighted by atomic mass is 9.84. The van der Waals surface area contributed by atoms with Crippen molar-refractivity contribution in [3.63, 3.8) is 0 Å². The maximum Gasteiger partial charge on any atom is 0.391 e. The Labute approximate surface area is 341 Å². The molecule has 2 unspecified atom stereocenters. The zero-order chi connectivity index (χ0) is 43.3. The van der Waals surface area contributed by atoms with Crippen LogP contribution in [0.5, 0.6) is 5.75 Å². The zero-order valence-electron chi connectivity index (χ0n) is 31.9. The van der Waals surface area contributed by atoms with E-state index in [4.69, 9.17) is 30.9 Å². The number of carboxylic acids is 1. The lowest BCUT2D eigenvalue weighted by Gasteiger charge is -2.51. The van der Waals surface area contributed by atoms with Crippen molar-refractivity contribution < 1.29 is 65.9 Å². The largest absolute Gasteiger partial charge is 0.724 e. The first kappa shape index (κ1) is 44.5. The number of nitrogens with two attached hydrogens (primary N) is 2. The number of carbonyl (C=O) groups excluding carboxylic acids is 2. The number of amides is 2. The first-order valence-corrected chi connectivity index (χ1v) is 20.1. The molecule has 0 spiro atoms. The molecule has 10 N–H and O–H groups in total. The third-order valence-electron chi connectivity index (χ3n) is 9.78. The van der Waals surface area contributed by atoms with Gasteiger partial charge in [0.05, 0.1) is 30.9 Å². The molecule has 3 aromatic rings. The van der Waals surface area contributed by atoms with E-state index < -0.39 is 63.3 Å². The van der Waals surface area contributed by atoms with Crippen molar-refractivity contribution in [3.05, 3.63) is 47.2 Å². The first-order chi connectivity index (χ1) is 27.8. The number of aryl methyl sites for hydroxylation is 1. The number of fused-ring (bicyclic) bond motifs is 1. The molecule has 59 heavy (non-hydrogen) atoms. The van der Waals surface area contributed by atoms with Gasteiger partial charge in [-0.3, -0.25) is 19.7 Å². The van der Waals surface area contributed by atoms with Crippen LogP contribution in [0.4, 0.5) is 11.1 Å². The third kappa shape index (κ3) is 10.2. The normalized spacial score (nSPS) is 20.2. The molecule has 2 fully saturated rings. The second-order valence-electron chi connectivity index (χ2n) is 14.4. The fourth-order valence-electron chi connectivity index (χ4n) is 6.30. The van der Waals surface area contributed by atoms with Gasteiger partial charge in [0.15, 0.2) is 16.9 Å². The highest BCUT2D eigenvalue weighted by Gasteiger charge is 2.58. The summed E-state index contributed by atoms with van der Waals surface area (Å²) >= 11 is 0.955. The predicted molar refractivity (Wildman–Crippen MR) is 205 cm³/mol. The average Bonchev–Trinajstić information content (AvgIpc) is 3.61. The Hall–Kier alpha value is -5.57. The van der Waals surface area contributed by atoms with Crippen molar-refractivity contribution in [2.24, 2.45) is 16.8 Å². The van der Waals surface area contributed by atoms with E-state index in [0.717, 1.165) is 41.1 Å². The summed E-state index contributed by atoms with van der Waals surface area (Å²) in [5.41, 5.74) is 9.57. The third-order valence-corrected chi connectivity index (χ3v) is 10.8. The smallest absolute Gasteiger partial charge is 0.391 e. The molecule has 0 aliphatic carbocycles. The molecule has 2 saturated heterocycles. The van der Waals surface area contributed by atoms with Crippen LogP contribution < -0.4 is 36.7 Å². The van der Waals surface area contributed by atoms with E-state index >= 15 is 0 Å². The number of aliphatic hydroxyl groups excluding tert-OH is 1. The number of oxime groups is 1. The van der Waals surface area contributed by atoms with Gasteiger partial charge in [-0.2, -0.15) is 9.35 Å². The second kappa shape index (κ2) is 18.1. The van der Waals surface area contributed by atoms with Crippen LogP contribution in [0.25, 0.3) is 11.1 Å². The maximum absolute atomic E-state index is 13.5. The van der Waals surface area contributed by atoms with Gasteiger partial charge in [0.1, 0.15) is 23.7 Å². The minimum absolute atomic E-state index is 0.0459. The number of hydrogen-bond acceptors (Lipinski definition) is 19. The monoisotopic (exact) mass is 864 g/mol. The highest BCUT2D eigenvalue weighted by molar-refractivity contribution is 7.80. The van der Waals surface area contributed by atoms with Crippen molar-refractivity contribution in [3.8, 4) is 16.9 Å². The molecule has 5 heterocycles. The van der Waals surface area contributed by atoms with Gasteiger partial charge in [0.25, 0.3) is 23.9 Å². The van der Waals surface area contributed by atoms with Crippen molar-refractivity contribution in [1.29, 1.82) is 0 Å². The summed E-state index contributed by atoms with van der Waals surface area (Å²) in [7, 11) is -5.29. The molecular weight excluding hydrogens is 821 g/mol. The SMILES string of the molecule is CC(O/N=C(\C(=O)N[C@@H]1C(=O)N(OS(=O)(=O)[O-])C1(C)C)c1csc(N)n1)(C(=O)O)[C@H]1CCc2cc(-c3cnc(NCC(O)CN)[n+](CC4CNC4)c3)ccc2O1.O=CO. The molecule has 25 heteroatoms. The van der Waals surface area contributed by atoms with Crippen molar-refractivity contribution in [2.45, 2.75) is 69.5 Å². The lowest BCUT2D eigenvalue weighted by Crippen LogP contribution is -2.76. The number of rotatable bonds is 16. The van der Waals surface area contributed by atoms with Gasteiger partial charge in [-0.15, -0.1) is 11.3 Å². The minimum Gasteiger partial charge on any atom is -0.724 e. The van der Waals surface area contributed by atoms with Crippen LogP contribution in [0.2, 0.25) is 0 Å². The number of nitrogen functional groups attached to an aromatic ring is 1. The Morgan fingerprint density at radius 2 is 2.03 bits per heavy atom. The van der Waals surface area contributed by atoms with Crippen LogP contribution in [0.15, 0.2) is 41.1 Å². The van der Waals surface area contributed by atoms with Gasteiger partial charge in [-0.05, 0) is 56.9 Å². The summed E-state index contributed by atoms with van der Waals surface area (Å²) in [4.78, 5) is 61.7. The number of aliphatic hydroxyl groups is 1. The number of β-lactam (4-membered cyclic amide) rings is 1. The number of hydroxylamine groups is 2. The summed E-state index contributed by atoms with van der Waals surface area (Å²) in [6.07, 6.45) is 2.47. The molecule has 1 aromatic carbocycles. The molecule has 2 aromatic heterocycles. The highest BCUT2D eigenvalue weighted by Crippen LogP contribution is 2.37. The fourth-order valence-corrected chi connectivity index (χ4v) is 7.30. The van der Waals surface area contributed by atoms with Crippen LogP contribution in [0.3, 0.4) is 0 Å². The lowest BCUT2D eigenvalue weighted by molar-refractivity contribution is -0.692. The highest BCUT2D eigenvalue weighted by atomic mass is 32.3. The van der Waals surface area contributed by atoms with E-state index in [1.165, 1.54) is 26.2 Å². The van der Waals surface area contributed by atoms with Gasteiger partial charge >= 0.3 is 11.9 Å². The number of thiazole rings is 1. The summed E-state index contributed by atoms with van der Waals surface area (Å²) < 4.78 is 45.8. The van der Waals surface area contributed by atoms with E-state index in [1.54, 1.807) is 12.3 Å². The number of aromatic nitrogens is 3. The van der Waals surface area contributed by atoms with Crippen LogP contribution in [0.1, 0.15) is 38.4 Å². The van der Waals surface area contributed by atoms with E-state index in [9.17, 15) is 37.6 Å². The minimum atomic E-state index is -5.29. The molecule has 4 atom stereocenters. The van der Waals surface area contributed by atoms with Crippen LogP contribution in [-0.2, 0) is 51.7 Å². The fraction of sp³-hybridized carbons (Fsp3) is 0.471. The molecule has 23 nitrogen and oxygen atoms in total. The van der Waals surface area contributed by atoms with Crippen molar-refractivity contribution in [2.75, 3.05) is 37.2 Å². The molecule has 0 radical (unpaired) electrons. The molecule has 0 bridgehead atoms. The molecule has 2 amide bonds. The number of carbonyl (C=O) groups is 4. The van der Waals surface area contributed by atoms with Crippen LogP contribution in [-0.4, -0.2) is 129 Å². The van der Waals surface area contributed by atoms with Crippen molar-refractivity contribution >= 4 is 62.8 Å². The van der Waals surface area contributed by atoms with Crippen LogP contribution in [0, 0.1) is 5.92 Å². The van der Waals surface area contributed by atoms with E-state index in [-0.39, 0.29) is 36.8 Å². The first-order valence-electron chi connectivity index (χ1n) is 17.9. The topological polar surface area (TPSA) is 347 Å². The summed E-state index contributed by atoms with van der Waals surface area (Å²) in [6, 6.07) is 4.12. The molecule has 320 valence electrons. The summed E-state index contributed by atoms with van der Waals surface area (Å²) in [6.45, 7) is 6.51. The van der Waals surface area contributed by atoms with Gasteiger partial charge < -0.3 is 51.5 Å². The number of nitrogens with zero attached hydrogens (tertiary/aromatic N) is 5. The molecule has 0 saturated carbocycles. The summed E-state index contributed by atoms with van der Waals surface area (Å²) in [5.74, 6) is -2.09. The quantitative estimate of drug-likeness (QED) is 0.0149. The molecule has 3 aliphatic heterocycles. The Bertz CT molecular complexity index is 2200. The Kier molecular flexibility index (Phi) is 13.7. The predicted octanol–water partition coefficient (Wildman–Crippen LogP) is -1.82. The number of nitrogens with one attached hydrogen (secondary N) is 3. The van der Waals surface area contributed by atoms with E-state index in [2.05, 4.69) is 35.4 Å². The molecule has 6 rings (SSSR count). The number of hydrogen-bond donors (Lipinski definition) is 8. The van der Waals surface area contributed by atoms with E-state index in [1.807, 2.05) is 22.9 Å². The number of aliphatic carboxylic acids is 1. The maximum atomic E-state index is 13.5. The molecule has 3 aliphatic rings. The summed E-state index contributed by atoms with van der Waals surface area (Å²) in [5, 5.41) is 41.7. The van der Waals surface area contributed by atoms with Gasteiger partial charge in [-0.1, -0.05) is 16.2 Å². The Balaban J connectivity index is 0.00000214. The number of carboxylic acid groups (broad SMARTS) is 2. The number of ether oxygens (including phenoxy) is 1.